The molecule has 0 atom stereocenters. The van der Waals surface area contributed by atoms with E-state index in [1.807, 2.05) is 0 Å². The fourth-order valence-electron chi connectivity index (χ4n) is 1.20. The minimum Gasteiger partial charge on any atom is -0.490 e. The Hall–Kier alpha value is -2.11. The zero-order valence-corrected chi connectivity index (χ0v) is 8.47. The average Bonchev–Trinajstić information content (AvgIpc) is 3.01. The molecule has 4 N–H and O–H groups in total. The van der Waals surface area contributed by atoms with Crippen LogP contribution in [0, 0.1) is 0 Å². The van der Waals surface area contributed by atoms with Gasteiger partial charge in [0.25, 0.3) is 11.8 Å². The predicted octanol–water partition coefficient (Wildman–Crippen LogP) is -0.179. The van der Waals surface area contributed by atoms with Crippen molar-refractivity contribution in [1.82, 2.24) is 4.98 Å². The summed E-state index contributed by atoms with van der Waals surface area (Å²) in [6.45, 7) is 0. The van der Waals surface area contributed by atoms with Gasteiger partial charge in [-0.3, -0.25) is 9.59 Å². The maximum absolute atomic E-state index is 11.0. The first-order chi connectivity index (χ1) is 7.56. The maximum atomic E-state index is 11.0. The van der Waals surface area contributed by atoms with Crippen molar-refractivity contribution in [2.75, 3.05) is 0 Å². The largest absolute Gasteiger partial charge is 0.490 e. The van der Waals surface area contributed by atoms with Gasteiger partial charge >= 0.3 is 0 Å². The van der Waals surface area contributed by atoms with Crippen molar-refractivity contribution in [1.29, 1.82) is 0 Å². The van der Waals surface area contributed by atoms with Crippen molar-refractivity contribution in [2.45, 2.75) is 18.9 Å². The molecule has 1 aromatic rings. The average molecular weight is 221 g/mol. The van der Waals surface area contributed by atoms with Crippen molar-refractivity contribution in [3.05, 3.63) is 23.5 Å². The number of nitrogens with two attached hydrogens (primary N) is 2. The Bertz CT molecular complexity index is 422. The lowest BCUT2D eigenvalue weighted by Gasteiger charge is -2.06. The van der Waals surface area contributed by atoms with Crippen LogP contribution < -0.4 is 16.2 Å². The fraction of sp³-hybridized carbons (Fsp3) is 0.300. The molecule has 2 amide bonds. The molecule has 0 radical (unpaired) electrons. The van der Waals surface area contributed by atoms with Gasteiger partial charge in [-0.25, -0.2) is 4.98 Å². The minimum atomic E-state index is -0.719. The lowest BCUT2D eigenvalue weighted by molar-refractivity contribution is 0.0991. The summed E-state index contributed by atoms with van der Waals surface area (Å²) in [6.07, 6.45) is 2.10. The summed E-state index contributed by atoms with van der Waals surface area (Å²) >= 11 is 0. The smallest absolute Gasteiger partial charge is 0.267 e. The quantitative estimate of drug-likeness (QED) is 0.735. The van der Waals surface area contributed by atoms with Crippen LogP contribution in [-0.4, -0.2) is 22.9 Å². The summed E-state index contributed by atoms with van der Waals surface area (Å²) in [5.41, 5.74) is 10.1. The van der Waals surface area contributed by atoms with Gasteiger partial charge in [0.2, 0.25) is 0 Å². The van der Waals surface area contributed by atoms with Crippen LogP contribution >= 0.6 is 0 Å². The van der Waals surface area contributed by atoms with Crippen LogP contribution in [0.25, 0.3) is 0 Å². The van der Waals surface area contributed by atoms with Crippen molar-refractivity contribution in [2.24, 2.45) is 11.5 Å². The van der Waals surface area contributed by atoms with E-state index in [4.69, 9.17) is 16.2 Å². The van der Waals surface area contributed by atoms with Gasteiger partial charge in [0.1, 0.15) is 17.1 Å². The summed E-state index contributed by atoms with van der Waals surface area (Å²) in [5, 5.41) is 0. The molecule has 1 aliphatic carbocycles. The molecule has 0 unspecified atom stereocenters. The van der Waals surface area contributed by atoms with Gasteiger partial charge < -0.3 is 16.2 Å². The molecule has 16 heavy (non-hydrogen) atoms. The van der Waals surface area contributed by atoms with Gasteiger partial charge in [-0.1, -0.05) is 0 Å². The van der Waals surface area contributed by atoms with Gasteiger partial charge in [0, 0.05) is 12.1 Å². The zero-order valence-electron chi connectivity index (χ0n) is 8.47. The van der Waals surface area contributed by atoms with Gasteiger partial charge in [-0.15, -0.1) is 0 Å². The molecular formula is C10H11N3O3. The van der Waals surface area contributed by atoms with E-state index in [1.54, 1.807) is 0 Å². The normalized spacial score (nSPS) is 14.5. The highest BCUT2D eigenvalue weighted by molar-refractivity contribution is 5.95. The van der Waals surface area contributed by atoms with E-state index >= 15 is 0 Å². The van der Waals surface area contributed by atoms with Gasteiger partial charge in [0.05, 0.1) is 6.10 Å². The van der Waals surface area contributed by atoms with E-state index < -0.39 is 11.8 Å². The van der Waals surface area contributed by atoms with Crippen LogP contribution in [0.5, 0.6) is 5.75 Å². The summed E-state index contributed by atoms with van der Waals surface area (Å²) in [7, 11) is 0. The molecule has 1 saturated carbocycles. The van der Waals surface area contributed by atoms with Crippen molar-refractivity contribution in [3.63, 3.8) is 0 Å². The second-order valence-corrected chi connectivity index (χ2v) is 3.62. The molecule has 6 heteroatoms. The number of rotatable bonds is 4. The number of nitrogens with zero attached hydrogens (tertiary/aromatic N) is 1. The highest BCUT2D eigenvalue weighted by Gasteiger charge is 2.24. The van der Waals surface area contributed by atoms with Crippen LogP contribution in [0.2, 0.25) is 0 Å². The first kappa shape index (κ1) is 10.4. The number of aromatic nitrogens is 1. The Balaban J connectivity index is 2.35. The highest BCUT2D eigenvalue weighted by atomic mass is 16.5. The SMILES string of the molecule is NC(=O)c1cc(OC2CC2)cc(C(N)=O)n1. The summed E-state index contributed by atoms with van der Waals surface area (Å²) < 4.78 is 5.45. The molecule has 1 aliphatic rings. The Morgan fingerprint density at radius 3 is 2.06 bits per heavy atom. The standard InChI is InChI=1S/C10H11N3O3/c11-9(14)7-3-6(16-5-1-2-5)4-8(13-7)10(12)15/h3-5H,1-2H2,(H2,11,14)(H2,12,15). The molecule has 0 aliphatic heterocycles. The summed E-state index contributed by atoms with van der Waals surface area (Å²) in [4.78, 5) is 25.7. The molecule has 0 aromatic carbocycles. The van der Waals surface area contributed by atoms with Gasteiger partial charge in [-0.05, 0) is 12.8 Å². The number of ether oxygens (including phenoxy) is 1. The van der Waals surface area contributed by atoms with Crippen LogP contribution in [-0.2, 0) is 0 Å². The second-order valence-electron chi connectivity index (χ2n) is 3.62. The van der Waals surface area contributed by atoms with E-state index in [-0.39, 0.29) is 17.5 Å². The maximum Gasteiger partial charge on any atom is 0.267 e. The lowest BCUT2D eigenvalue weighted by atomic mass is 10.2. The molecule has 0 bridgehead atoms. The van der Waals surface area contributed by atoms with Gasteiger partial charge in [0.15, 0.2) is 0 Å². The lowest BCUT2D eigenvalue weighted by Crippen LogP contribution is -2.19. The third-order valence-electron chi connectivity index (χ3n) is 2.13. The van der Waals surface area contributed by atoms with Crippen LogP contribution in [0.15, 0.2) is 12.1 Å². The van der Waals surface area contributed by atoms with Crippen molar-refractivity contribution < 1.29 is 14.3 Å². The second kappa shape index (κ2) is 3.80. The topological polar surface area (TPSA) is 108 Å². The Morgan fingerprint density at radius 1 is 1.19 bits per heavy atom. The van der Waals surface area contributed by atoms with E-state index in [0.29, 0.717) is 5.75 Å². The third-order valence-corrected chi connectivity index (χ3v) is 2.13. The number of hydrogen-bond acceptors (Lipinski definition) is 4. The zero-order chi connectivity index (χ0) is 11.7. The first-order valence-corrected chi connectivity index (χ1v) is 4.84. The molecule has 6 nitrogen and oxygen atoms in total. The molecule has 2 rings (SSSR count). The first-order valence-electron chi connectivity index (χ1n) is 4.84. The van der Waals surface area contributed by atoms with Crippen molar-refractivity contribution in [3.8, 4) is 5.75 Å². The molecular weight excluding hydrogens is 210 g/mol. The number of hydrogen-bond donors (Lipinski definition) is 2. The summed E-state index contributed by atoms with van der Waals surface area (Å²) in [6, 6.07) is 2.82. The molecule has 84 valence electrons. The highest BCUT2D eigenvalue weighted by Crippen LogP contribution is 2.27. The monoisotopic (exact) mass is 221 g/mol. The van der Waals surface area contributed by atoms with E-state index in [1.165, 1.54) is 12.1 Å². The van der Waals surface area contributed by atoms with Crippen LogP contribution in [0.4, 0.5) is 0 Å². The van der Waals surface area contributed by atoms with E-state index in [0.717, 1.165) is 12.8 Å². The van der Waals surface area contributed by atoms with Gasteiger partial charge in [-0.2, -0.15) is 0 Å². The Kier molecular flexibility index (Phi) is 2.47. The third kappa shape index (κ3) is 2.28. The van der Waals surface area contributed by atoms with E-state index in [2.05, 4.69) is 4.98 Å². The van der Waals surface area contributed by atoms with E-state index in [9.17, 15) is 9.59 Å². The van der Waals surface area contributed by atoms with Crippen LogP contribution in [0.1, 0.15) is 33.8 Å². The molecule has 0 spiro atoms. The number of carbonyl (C=O) groups is 2. The van der Waals surface area contributed by atoms with Crippen molar-refractivity contribution >= 4 is 11.8 Å². The number of carbonyl (C=O) groups excluding carboxylic acids is 2. The molecule has 1 aromatic heterocycles. The fourth-order valence-corrected chi connectivity index (χ4v) is 1.20. The predicted molar refractivity (Wildman–Crippen MR) is 54.9 cm³/mol. The molecule has 1 heterocycles. The number of pyridine rings is 1. The Labute approximate surface area is 91.6 Å². The minimum absolute atomic E-state index is 0.0213. The number of amides is 2. The van der Waals surface area contributed by atoms with Crippen LogP contribution in [0.3, 0.4) is 0 Å². The molecule has 0 saturated heterocycles. The Morgan fingerprint density at radius 2 is 1.69 bits per heavy atom. The number of primary amides is 2. The summed E-state index contributed by atoms with van der Waals surface area (Å²) in [5.74, 6) is -1.03. The molecule has 1 fully saturated rings.